The SMILES string of the molecule is CN1CC[C@@]2(CCCN(c3ncc(Oc4cc(CN5CCC(CC(=O)O)CC5)cc(-c5cc(Cl)cc(Cl)c5)n4)cn3)C2)C1. The van der Waals surface area contributed by atoms with Crippen LogP contribution in [-0.2, 0) is 11.3 Å². The molecule has 1 spiro atoms. The van der Waals surface area contributed by atoms with E-state index in [4.69, 9.17) is 38.0 Å². The van der Waals surface area contributed by atoms with Crippen LogP contribution in [0.2, 0.25) is 10.0 Å². The Bertz CT molecular complexity index is 1430. The fraction of sp³-hybridized carbons (Fsp3) is 0.500. The van der Waals surface area contributed by atoms with E-state index in [2.05, 4.69) is 31.7 Å². The molecule has 3 aliphatic heterocycles. The summed E-state index contributed by atoms with van der Waals surface area (Å²) in [6.45, 7) is 6.62. The van der Waals surface area contributed by atoms with Gasteiger partial charge < -0.3 is 19.6 Å². The average Bonchev–Trinajstić information content (AvgIpc) is 3.32. The van der Waals surface area contributed by atoms with E-state index in [-0.39, 0.29) is 12.3 Å². The summed E-state index contributed by atoms with van der Waals surface area (Å²) in [6, 6.07) is 9.35. The first-order chi connectivity index (χ1) is 20.7. The van der Waals surface area contributed by atoms with Gasteiger partial charge in [-0.25, -0.2) is 15.0 Å². The molecule has 5 heterocycles. The van der Waals surface area contributed by atoms with Crippen LogP contribution in [0.4, 0.5) is 5.95 Å². The molecule has 2 aromatic heterocycles. The van der Waals surface area contributed by atoms with Crippen LogP contribution in [0.15, 0.2) is 42.7 Å². The quantitative estimate of drug-likeness (QED) is 0.312. The van der Waals surface area contributed by atoms with Gasteiger partial charge in [-0.1, -0.05) is 23.2 Å². The number of hydrogen-bond donors (Lipinski definition) is 1. The van der Waals surface area contributed by atoms with Gasteiger partial charge in [0.1, 0.15) is 0 Å². The molecule has 6 rings (SSSR count). The number of hydrogen-bond acceptors (Lipinski definition) is 8. The first-order valence-electron chi connectivity index (χ1n) is 15.1. The molecule has 0 radical (unpaired) electrons. The van der Waals surface area contributed by atoms with Gasteiger partial charge in [0, 0.05) is 59.7 Å². The van der Waals surface area contributed by atoms with Crippen molar-refractivity contribution >= 4 is 35.1 Å². The lowest BCUT2D eigenvalue weighted by Gasteiger charge is -2.40. The number of rotatable bonds is 8. The van der Waals surface area contributed by atoms with Gasteiger partial charge in [0.15, 0.2) is 5.75 Å². The highest BCUT2D eigenvalue weighted by atomic mass is 35.5. The van der Waals surface area contributed by atoms with Crippen LogP contribution in [0.1, 0.15) is 44.1 Å². The third kappa shape index (κ3) is 7.58. The maximum Gasteiger partial charge on any atom is 0.303 e. The van der Waals surface area contributed by atoms with Crippen LogP contribution in [0, 0.1) is 11.3 Å². The molecule has 0 unspecified atom stereocenters. The molecular formula is C32H38Cl2N6O3. The number of halogens is 2. The molecule has 3 saturated heterocycles. The largest absolute Gasteiger partial charge is 0.481 e. The van der Waals surface area contributed by atoms with Crippen LogP contribution >= 0.6 is 23.2 Å². The van der Waals surface area contributed by atoms with Gasteiger partial charge in [-0.15, -0.1) is 0 Å². The minimum atomic E-state index is -0.724. The number of carboxylic acid groups (broad SMARTS) is 1. The summed E-state index contributed by atoms with van der Waals surface area (Å²) in [6.07, 6.45) is 9.06. The van der Waals surface area contributed by atoms with E-state index in [0.717, 1.165) is 75.6 Å². The number of likely N-dealkylation sites (tertiary alicyclic amines) is 2. The fourth-order valence-electron chi connectivity index (χ4n) is 6.92. The summed E-state index contributed by atoms with van der Waals surface area (Å²) < 4.78 is 6.23. The van der Waals surface area contributed by atoms with Crippen molar-refractivity contribution in [3.8, 4) is 22.9 Å². The molecule has 1 aromatic carbocycles. The Kier molecular flexibility index (Phi) is 9.05. The second-order valence-electron chi connectivity index (χ2n) is 12.5. The average molecular weight is 626 g/mol. The Labute approximate surface area is 262 Å². The summed E-state index contributed by atoms with van der Waals surface area (Å²) in [5.41, 5.74) is 2.87. The van der Waals surface area contributed by atoms with Gasteiger partial charge in [0.2, 0.25) is 11.8 Å². The molecule has 11 heteroatoms. The molecule has 228 valence electrons. The normalized spacial score (nSPS) is 21.9. The molecule has 3 aliphatic rings. The van der Waals surface area contributed by atoms with Crippen LogP contribution in [0.3, 0.4) is 0 Å². The van der Waals surface area contributed by atoms with Crippen LogP contribution in [0.5, 0.6) is 11.6 Å². The second-order valence-corrected chi connectivity index (χ2v) is 13.4. The predicted octanol–water partition coefficient (Wildman–Crippen LogP) is 6.25. The molecule has 1 N–H and O–H groups in total. The van der Waals surface area contributed by atoms with E-state index in [1.54, 1.807) is 18.5 Å². The topological polar surface area (TPSA) is 94.9 Å². The van der Waals surface area contributed by atoms with Crippen molar-refractivity contribution in [3.63, 3.8) is 0 Å². The van der Waals surface area contributed by atoms with E-state index in [1.165, 1.54) is 12.8 Å². The van der Waals surface area contributed by atoms with Crippen molar-refractivity contribution in [3.05, 3.63) is 58.3 Å². The van der Waals surface area contributed by atoms with E-state index in [9.17, 15) is 4.79 Å². The number of carbonyl (C=O) groups is 1. The Morgan fingerprint density at radius 3 is 2.42 bits per heavy atom. The molecule has 0 bridgehead atoms. The van der Waals surface area contributed by atoms with E-state index >= 15 is 0 Å². The molecule has 1 atom stereocenters. The van der Waals surface area contributed by atoms with Crippen molar-refractivity contribution < 1.29 is 14.6 Å². The number of carboxylic acids is 1. The summed E-state index contributed by atoms with van der Waals surface area (Å²) in [4.78, 5) is 32.4. The number of aliphatic carboxylic acids is 1. The zero-order valence-corrected chi connectivity index (χ0v) is 26.0. The van der Waals surface area contributed by atoms with Crippen molar-refractivity contribution in [2.24, 2.45) is 11.3 Å². The molecule has 9 nitrogen and oxygen atoms in total. The Morgan fingerprint density at radius 1 is 1.00 bits per heavy atom. The maximum absolute atomic E-state index is 11.1. The van der Waals surface area contributed by atoms with Crippen LogP contribution < -0.4 is 9.64 Å². The van der Waals surface area contributed by atoms with E-state index < -0.39 is 5.97 Å². The first-order valence-corrected chi connectivity index (χ1v) is 15.8. The van der Waals surface area contributed by atoms with Gasteiger partial charge in [0.25, 0.3) is 0 Å². The van der Waals surface area contributed by atoms with Crippen molar-refractivity contribution in [2.45, 2.75) is 45.1 Å². The molecule has 3 fully saturated rings. The summed E-state index contributed by atoms with van der Waals surface area (Å²) in [5, 5.41) is 10.2. The molecule has 0 aliphatic carbocycles. The van der Waals surface area contributed by atoms with Gasteiger partial charge >= 0.3 is 5.97 Å². The van der Waals surface area contributed by atoms with Gasteiger partial charge in [-0.2, -0.15) is 0 Å². The zero-order valence-electron chi connectivity index (χ0n) is 24.5. The lowest BCUT2D eigenvalue weighted by molar-refractivity contribution is -0.138. The molecule has 3 aromatic rings. The first kappa shape index (κ1) is 30.1. The smallest absolute Gasteiger partial charge is 0.303 e. The maximum atomic E-state index is 11.1. The Balaban J connectivity index is 1.19. The molecule has 0 amide bonds. The van der Waals surface area contributed by atoms with E-state index in [1.807, 2.05) is 24.3 Å². The number of ether oxygens (including phenoxy) is 1. The fourth-order valence-corrected chi connectivity index (χ4v) is 7.45. The number of benzene rings is 1. The number of anilines is 1. The van der Waals surface area contributed by atoms with Crippen LogP contribution in [-0.4, -0.2) is 82.1 Å². The molecule has 43 heavy (non-hydrogen) atoms. The third-order valence-electron chi connectivity index (χ3n) is 9.01. The minimum Gasteiger partial charge on any atom is -0.481 e. The minimum absolute atomic E-state index is 0.229. The number of aromatic nitrogens is 3. The highest BCUT2D eigenvalue weighted by Gasteiger charge is 2.40. The third-order valence-corrected chi connectivity index (χ3v) is 9.44. The highest BCUT2D eigenvalue weighted by molar-refractivity contribution is 6.35. The number of nitrogens with zero attached hydrogens (tertiary/aromatic N) is 6. The van der Waals surface area contributed by atoms with Crippen molar-refractivity contribution in [1.82, 2.24) is 24.8 Å². The Morgan fingerprint density at radius 2 is 1.74 bits per heavy atom. The number of piperidine rings is 2. The van der Waals surface area contributed by atoms with Crippen molar-refractivity contribution in [1.29, 1.82) is 0 Å². The standard InChI is InChI=1S/C32H38Cl2N6O3/c1-38-10-6-32(20-38)5-2-7-40(21-32)31-35-17-27(18-36-31)43-29-12-23(19-39-8-3-22(4-9-39)13-30(41)42)11-28(37-29)24-14-25(33)16-26(34)15-24/h11-12,14-18,22H,2-10,13,19-21H2,1H3,(H,41,42)/t32-/m0/s1. The second kappa shape index (κ2) is 12.9. The lowest BCUT2D eigenvalue weighted by atomic mass is 9.79. The van der Waals surface area contributed by atoms with Gasteiger partial charge in [0.05, 0.1) is 18.1 Å². The molecule has 0 saturated carbocycles. The lowest BCUT2D eigenvalue weighted by Crippen LogP contribution is -2.45. The Hall–Kier alpha value is -2.98. The summed E-state index contributed by atoms with van der Waals surface area (Å²) >= 11 is 12.6. The van der Waals surface area contributed by atoms with E-state index in [0.29, 0.717) is 39.3 Å². The molecular weight excluding hydrogens is 587 g/mol. The predicted molar refractivity (Wildman–Crippen MR) is 168 cm³/mol. The van der Waals surface area contributed by atoms with Crippen molar-refractivity contribution in [2.75, 3.05) is 51.2 Å². The monoisotopic (exact) mass is 624 g/mol. The highest BCUT2D eigenvalue weighted by Crippen LogP contribution is 2.39. The van der Waals surface area contributed by atoms with Gasteiger partial charge in [-0.3, -0.25) is 9.69 Å². The summed E-state index contributed by atoms with van der Waals surface area (Å²) in [5.74, 6) is 1.20. The number of pyridine rings is 1. The van der Waals surface area contributed by atoms with Crippen LogP contribution in [0.25, 0.3) is 11.3 Å². The zero-order chi connectivity index (χ0) is 30.0. The summed E-state index contributed by atoms with van der Waals surface area (Å²) in [7, 11) is 2.20. The van der Waals surface area contributed by atoms with Gasteiger partial charge in [-0.05, 0) is 94.5 Å².